The number of rotatable bonds is 8. The molecule has 2 aliphatic rings. The second-order valence-electron chi connectivity index (χ2n) is 8.07. The van der Waals surface area contributed by atoms with Gasteiger partial charge in [0.25, 0.3) is 0 Å². The molecule has 0 bridgehead atoms. The normalized spacial score (nSPS) is 31.8. The maximum absolute atomic E-state index is 2.54. The van der Waals surface area contributed by atoms with Crippen molar-refractivity contribution in [1.29, 1.82) is 0 Å². The van der Waals surface area contributed by atoms with E-state index in [9.17, 15) is 0 Å². The highest BCUT2D eigenvalue weighted by Gasteiger charge is 2.39. The van der Waals surface area contributed by atoms with Crippen molar-refractivity contribution >= 4 is 0 Å². The van der Waals surface area contributed by atoms with Crippen LogP contribution in [-0.2, 0) is 0 Å². The molecule has 0 aromatic heterocycles. The first kappa shape index (κ1) is 16.4. The summed E-state index contributed by atoms with van der Waals surface area (Å²) < 4.78 is 0. The summed E-state index contributed by atoms with van der Waals surface area (Å²) in [5, 5.41) is 0. The molecule has 5 atom stereocenters. The minimum Gasteiger partial charge on any atom is -0.0654 e. The van der Waals surface area contributed by atoms with Crippen molar-refractivity contribution < 1.29 is 0 Å². The first-order valence-corrected chi connectivity index (χ1v) is 9.67. The molecule has 20 heavy (non-hydrogen) atoms. The van der Waals surface area contributed by atoms with E-state index in [0.29, 0.717) is 0 Å². The maximum Gasteiger partial charge on any atom is -0.0357 e. The first-order chi connectivity index (χ1) is 9.67. The molecule has 0 saturated heterocycles. The zero-order valence-electron chi connectivity index (χ0n) is 14.5. The van der Waals surface area contributed by atoms with Gasteiger partial charge in [-0.15, -0.1) is 0 Å². The minimum absolute atomic E-state index is 0.926. The predicted octanol–water partition coefficient (Wildman–Crippen LogP) is 6.69. The molecule has 0 radical (unpaired) electrons. The second kappa shape index (κ2) is 7.85. The van der Waals surface area contributed by atoms with Gasteiger partial charge in [-0.1, -0.05) is 72.6 Å². The van der Waals surface area contributed by atoms with Gasteiger partial charge in [0.2, 0.25) is 0 Å². The molecule has 5 unspecified atom stereocenters. The van der Waals surface area contributed by atoms with E-state index in [1.165, 1.54) is 32.1 Å². The first-order valence-electron chi connectivity index (χ1n) is 9.67. The third kappa shape index (κ3) is 3.80. The molecule has 0 N–H and O–H groups in total. The molecule has 0 nitrogen and oxygen atoms in total. The summed E-state index contributed by atoms with van der Waals surface area (Å²) in [4.78, 5) is 0. The van der Waals surface area contributed by atoms with E-state index in [4.69, 9.17) is 0 Å². The molecule has 0 aromatic rings. The summed E-state index contributed by atoms with van der Waals surface area (Å²) in [6.07, 6.45) is 15.0. The van der Waals surface area contributed by atoms with Crippen molar-refractivity contribution in [3.05, 3.63) is 0 Å². The van der Waals surface area contributed by atoms with Crippen molar-refractivity contribution in [2.45, 2.75) is 91.9 Å². The fourth-order valence-electron chi connectivity index (χ4n) is 5.22. The van der Waals surface area contributed by atoms with Gasteiger partial charge in [0.1, 0.15) is 0 Å². The van der Waals surface area contributed by atoms with Gasteiger partial charge in [0, 0.05) is 0 Å². The van der Waals surface area contributed by atoms with Crippen molar-refractivity contribution in [1.82, 2.24) is 0 Å². The van der Waals surface area contributed by atoms with Crippen LogP contribution in [-0.4, -0.2) is 0 Å². The quantitative estimate of drug-likeness (QED) is 0.464. The summed E-state index contributed by atoms with van der Waals surface area (Å²) in [6, 6.07) is 0. The van der Waals surface area contributed by atoms with Crippen LogP contribution >= 0.6 is 0 Å². The van der Waals surface area contributed by atoms with Crippen LogP contribution in [0.4, 0.5) is 0 Å². The monoisotopic (exact) mass is 278 g/mol. The molecule has 0 aromatic carbocycles. The predicted molar refractivity (Wildman–Crippen MR) is 89.8 cm³/mol. The Morgan fingerprint density at radius 2 is 1.65 bits per heavy atom. The van der Waals surface area contributed by atoms with Crippen LogP contribution in [0.5, 0.6) is 0 Å². The van der Waals surface area contributed by atoms with Crippen LogP contribution in [0.2, 0.25) is 0 Å². The summed E-state index contributed by atoms with van der Waals surface area (Å²) in [5.74, 6) is 6.19. The fourth-order valence-corrected chi connectivity index (χ4v) is 5.22. The van der Waals surface area contributed by atoms with Crippen LogP contribution in [0.3, 0.4) is 0 Å². The summed E-state index contributed by atoms with van der Waals surface area (Å²) in [7, 11) is 0. The van der Waals surface area contributed by atoms with E-state index >= 15 is 0 Å². The van der Waals surface area contributed by atoms with Crippen molar-refractivity contribution in [3.63, 3.8) is 0 Å². The third-order valence-corrected chi connectivity index (χ3v) is 7.00. The molecule has 118 valence electrons. The average Bonchev–Trinajstić information content (AvgIpc) is 2.91. The van der Waals surface area contributed by atoms with Crippen LogP contribution in [0.25, 0.3) is 0 Å². The zero-order valence-corrected chi connectivity index (χ0v) is 14.5. The molecule has 0 aliphatic heterocycles. The van der Waals surface area contributed by atoms with Crippen LogP contribution < -0.4 is 0 Å². The zero-order chi connectivity index (χ0) is 14.5. The molecule has 2 fully saturated rings. The lowest BCUT2D eigenvalue weighted by Gasteiger charge is -2.44. The Kier molecular flexibility index (Phi) is 6.43. The van der Waals surface area contributed by atoms with Gasteiger partial charge >= 0.3 is 0 Å². The molecular formula is C20H38. The smallest absolute Gasteiger partial charge is 0.0357 e. The lowest BCUT2D eigenvalue weighted by molar-refractivity contribution is 0.0642. The molecule has 2 saturated carbocycles. The fraction of sp³-hybridized carbons (Fsp3) is 1.00. The minimum atomic E-state index is 0.926. The Morgan fingerprint density at radius 3 is 2.15 bits per heavy atom. The van der Waals surface area contributed by atoms with Crippen LogP contribution in [0.1, 0.15) is 91.9 Å². The number of hydrogen-bond acceptors (Lipinski definition) is 0. The summed E-state index contributed by atoms with van der Waals surface area (Å²) in [6.45, 7) is 9.80. The third-order valence-electron chi connectivity index (χ3n) is 7.00. The van der Waals surface area contributed by atoms with Gasteiger partial charge in [0.05, 0.1) is 0 Å². The summed E-state index contributed by atoms with van der Waals surface area (Å²) in [5.41, 5.74) is 0. The van der Waals surface area contributed by atoms with E-state index in [2.05, 4.69) is 27.7 Å². The standard InChI is InChI=1S/C20H38/c1-5-9-15(3)16(4)17(6-2)14-19-12-13-20(19)18-10-7-8-11-18/h15-20H,5-14H2,1-4H3. The molecular weight excluding hydrogens is 240 g/mol. The highest BCUT2D eigenvalue weighted by atomic mass is 14.4. The maximum atomic E-state index is 2.54. The molecule has 0 heteroatoms. The average molecular weight is 279 g/mol. The summed E-state index contributed by atoms with van der Waals surface area (Å²) >= 11 is 0. The van der Waals surface area contributed by atoms with Gasteiger partial charge in [-0.2, -0.15) is 0 Å². The Bertz CT molecular complexity index is 263. The van der Waals surface area contributed by atoms with Gasteiger partial charge in [-0.3, -0.25) is 0 Å². The van der Waals surface area contributed by atoms with E-state index in [0.717, 1.165) is 35.5 Å². The van der Waals surface area contributed by atoms with E-state index in [1.807, 2.05) is 0 Å². The Labute approximate surface area is 128 Å². The van der Waals surface area contributed by atoms with Gasteiger partial charge < -0.3 is 0 Å². The van der Waals surface area contributed by atoms with E-state index < -0.39 is 0 Å². The van der Waals surface area contributed by atoms with Crippen molar-refractivity contribution in [3.8, 4) is 0 Å². The number of hydrogen-bond donors (Lipinski definition) is 0. The van der Waals surface area contributed by atoms with E-state index in [1.54, 1.807) is 32.1 Å². The van der Waals surface area contributed by atoms with Crippen LogP contribution in [0.15, 0.2) is 0 Å². The van der Waals surface area contributed by atoms with E-state index in [-0.39, 0.29) is 0 Å². The highest BCUT2D eigenvalue weighted by molar-refractivity contribution is 4.89. The Hall–Kier alpha value is 0. The molecule has 2 aliphatic carbocycles. The molecule has 0 amide bonds. The van der Waals surface area contributed by atoms with Crippen LogP contribution in [0, 0.1) is 35.5 Å². The largest absolute Gasteiger partial charge is 0.0654 e. The van der Waals surface area contributed by atoms with Gasteiger partial charge in [0.15, 0.2) is 0 Å². The Morgan fingerprint density at radius 1 is 0.950 bits per heavy atom. The van der Waals surface area contributed by atoms with Crippen molar-refractivity contribution in [2.24, 2.45) is 35.5 Å². The molecule has 0 heterocycles. The lowest BCUT2D eigenvalue weighted by atomic mass is 9.62. The molecule has 2 rings (SSSR count). The molecule has 0 spiro atoms. The second-order valence-corrected chi connectivity index (χ2v) is 8.07. The van der Waals surface area contributed by atoms with Gasteiger partial charge in [-0.25, -0.2) is 0 Å². The van der Waals surface area contributed by atoms with Crippen molar-refractivity contribution in [2.75, 3.05) is 0 Å². The lowest BCUT2D eigenvalue weighted by Crippen LogP contribution is -2.34. The topological polar surface area (TPSA) is 0 Å². The highest BCUT2D eigenvalue weighted by Crippen LogP contribution is 2.49. The Balaban J connectivity index is 1.83. The van der Waals surface area contributed by atoms with Gasteiger partial charge in [-0.05, 0) is 54.8 Å². The SMILES string of the molecule is CCCC(C)C(C)C(CC)CC1CCC1C1CCCC1.